The molecule has 1 aliphatic heterocycles. The number of benzene rings is 4. The van der Waals surface area contributed by atoms with E-state index in [9.17, 15) is 9.59 Å². The molecule has 0 unspecified atom stereocenters. The van der Waals surface area contributed by atoms with Gasteiger partial charge in [-0.25, -0.2) is 0 Å². The predicted molar refractivity (Wildman–Crippen MR) is 165 cm³/mol. The second kappa shape index (κ2) is 12.0. The lowest BCUT2D eigenvalue weighted by Crippen LogP contribution is -2.32. The minimum absolute atomic E-state index is 0.0958. The summed E-state index contributed by atoms with van der Waals surface area (Å²) in [7, 11) is 3.33. The van der Waals surface area contributed by atoms with E-state index in [1.165, 1.54) is 11.1 Å². The Morgan fingerprint density at radius 2 is 1.64 bits per heavy atom. The van der Waals surface area contributed by atoms with Crippen LogP contribution in [0.25, 0.3) is 21.8 Å². The summed E-state index contributed by atoms with van der Waals surface area (Å²) in [6, 6.07) is 24.0. The molecule has 214 valence electrons. The Morgan fingerprint density at radius 1 is 0.905 bits per heavy atom. The van der Waals surface area contributed by atoms with E-state index in [-0.39, 0.29) is 11.3 Å². The van der Waals surface area contributed by atoms with E-state index in [0.29, 0.717) is 39.7 Å². The largest absolute Gasteiger partial charge is 0.494 e. The van der Waals surface area contributed by atoms with Crippen molar-refractivity contribution in [2.45, 2.75) is 19.4 Å². The average Bonchev–Trinajstić information content (AvgIpc) is 3.03. The maximum atomic E-state index is 13.2. The van der Waals surface area contributed by atoms with Gasteiger partial charge in [0.15, 0.2) is 16.9 Å². The zero-order chi connectivity index (χ0) is 29.1. The average molecular weight is 564 g/mol. The van der Waals surface area contributed by atoms with Crippen LogP contribution < -0.4 is 25.0 Å². The van der Waals surface area contributed by atoms with Gasteiger partial charge in [0.1, 0.15) is 5.75 Å². The molecule has 42 heavy (non-hydrogen) atoms. The van der Waals surface area contributed by atoms with E-state index < -0.39 is 0 Å². The Labute approximate surface area is 243 Å². The van der Waals surface area contributed by atoms with Crippen LogP contribution in [0, 0.1) is 0 Å². The van der Waals surface area contributed by atoms with Crippen LogP contribution in [0.15, 0.2) is 83.7 Å². The zero-order valence-electron chi connectivity index (χ0n) is 23.7. The molecule has 0 radical (unpaired) electrons. The first kappa shape index (κ1) is 27.4. The predicted octanol–water partition coefficient (Wildman–Crippen LogP) is 5.78. The van der Waals surface area contributed by atoms with Gasteiger partial charge in [0.2, 0.25) is 0 Å². The summed E-state index contributed by atoms with van der Waals surface area (Å²) in [6.45, 7) is 3.41. The van der Waals surface area contributed by atoms with Gasteiger partial charge in [-0.15, -0.1) is 0 Å². The third-order valence-electron chi connectivity index (χ3n) is 7.78. The number of carbonyl (C=O) groups is 1. The number of H-pyrrole nitrogens is 1. The second-order valence-corrected chi connectivity index (χ2v) is 10.4. The van der Waals surface area contributed by atoms with Crippen molar-refractivity contribution in [3.63, 3.8) is 0 Å². The molecule has 1 amide bonds. The Morgan fingerprint density at radius 3 is 2.43 bits per heavy atom. The number of ether oxygens (including phenoxy) is 3. The number of pyridine rings is 1. The number of para-hydroxylation sites is 2. The molecule has 2 heterocycles. The number of methoxy groups -OCH3 is 2. The summed E-state index contributed by atoms with van der Waals surface area (Å²) in [5, 5.41) is 4.02. The van der Waals surface area contributed by atoms with Crippen LogP contribution in [0.3, 0.4) is 0 Å². The molecule has 8 nitrogen and oxygen atoms in total. The van der Waals surface area contributed by atoms with Gasteiger partial charge in [0, 0.05) is 41.6 Å². The van der Waals surface area contributed by atoms with Crippen LogP contribution in [0.1, 0.15) is 27.9 Å². The van der Waals surface area contributed by atoms with Crippen LogP contribution in [0.2, 0.25) is 0 Å². The van der Waals surface area contributed by atoms with Crippen LogP contribution in [-0.4, -0.2) is 49.7 Å². The summed E-state index contributed by atoms with van der Waals surface area (Å²) in [5.41, 5.74) is 4.77. The van der Waals surface area contributed by atoms with E-state index >= 15 is 0 Å². The minimum Gasteiger partial charge on any atom is -0.494 e. The highest BCUT2D eigenvalue weighted by atomic mass is 16.5. The quantitative estimate of drug-likeness (QED) is 0.175. The van der Waals surface area contributed by atoms with E-state index in [4.69, 9.17) is 14.2 Å². The Kier molecular flexibility index (Phi) is 7.79. The number of amides is 1. The lowest BCUT2D eigenvalue weighted by Gasteiger charge is -2.29. The maximum absolute atomic E-state index is 13.2. The first-order valence-electron chi connectivity index (χ1n) is 14.1. The van der Waals surface area contributed by atoms with Gasteiger partial charge >= 0.3 is 0 Å². The number of anilines is 1. The fourth-order valence-electron chi connectivity index (χ4n) is 5.58. The third kappa shape index (κ3) is 5.53. The molecule has 0 spiro atoms. The monoisotopic (exact) mass is 563 g/mol. The fraction of sp³-hybridized carbons (Fsp3) is 0.235. The molecule has 1 aliphatic rings. The molecule has 0 saturated carbocycles. The highest BCUT2D eigenvalue weighted by Gasteiger charge is 2.19. The standard InChI is InChI=1S/C34H33N3O5/c1-40-30-19-22-15-17-37(21-23(22)20-31(30)41-2)16-6-18-42-25-13-11-24(12-14-25)35-34(39)28-9-5-8-27-32(28)36-29-10-4-3-7-26(29)33(27)38/h3-5,7-14,19-20H,6,15-18,21H2,1-2H3,(H,35,39)(H,36,38). The first-order valence-corrected chi connectivity index (χ1v) is 14.1. The molecular formula is C34H33N3O5. The number of aromatic amines is 1. The number of carbonyl (C=O) groups excluding carboxylic acids is 1. The molecule has 0 bridgehead atoms. The number of rotatable bonds is 9. The lowest BCUT2D eigenvalue weighted by atomic mass is 9.98. The molecule has 4 aromatic carbocycles. The summed E-state index contributed by atoms with van der Waals surface area (Å²) >= 11 is 0. The zero-order valence-corrected chi connectivity index (χ0v) is 23.7. The number of hydrogen-bond acceptors (Lipinski definition) is 6. The van der Waals surface area contributed by atoms with Crippen molar-refractivity contribution >= 4 is 33.4 Å². The Bertz CT molecular complexity index is 1810. The molecule has 0 fully saturated rings. The Hall–Kier alpha value is -4.82. The van der Waals surface area contributed by atoms with Crippen LogP contribution in [0.5, 0.6) is 17.2 Å². The van der Waals surface area contributed by atoms with E-state index in [1.807, 2.05) is 42.5 Å². The third-order valence-corrected chi connectivity index (χ3v) is 7.78. The topological polar surface area (TPSA) is 92.9 Å². The SMILES string of the molecule is COc1cc2c(cc1OC)CN(CCCOc1ccc(NC(=O)c3cccc4c(=O)c5ccccc5[nH]c34)cc1)CC2. The molecule has 0 atom stereocenters. The van der Waals surface area contributed by atoms with Gasteiger partial charge in [0.25, 0.3) is 5.91 Å². The van der Waals surface area contributed by atoms with Gasteiger partial charge in [-0.2, -0.15) is 0 Å². The number of nitrogens with zero attached hydrogens (tertiary/aromatic N) is 1. The van der Waals surface area contributed by atoms with Crippen molar-refractivity contribution < 1.29 is 19.0 Å². The highest BCUT2D eigenvalue weighted by Crippen LogP contribution is 2.33. The number of fused-ring (bicyclic) bond motifs is 3. The Balaban J connectivity index is 1.03. The number of nitrogens with one attached hydrogen (secondary N) is 2. The van der Waals surface area contributed by atoms with Crippen LogP contribution >= 0.6 is 0 Å². The minimum atomic E-state index is -0.292. The highest BCUT2D eigenvalue weighted by molar-refractivity contribution is 6.13. The molecule has 5 aromatic rings. The van der Waals surface area contributed by atoms with Crippen LogP contribution in [0.4, 0.5) is 5.69 Å². The number of aromatic nitrogens is 1. The summed E-state index contributed by atoms with van der Waals surface area (Å²) in [6.07, 6.45) is 1.88. The normalized spacial score (nSPS) is 13.1. The smallest absolute Gasteiger partial charge is 0.257 e. The van der Waals surface area contributed by atoms with E-state index in [1.54, 1.807) is 38.5 Å². The molecule has 2 N–H and O–H groups in total. The van der Waals surface area contributed by atoms with Gasteiger partial charge < -0.3 is 24.5 Å². The van der Waals surface area contributed by atoms with Crippen molar-refractivity contribution in [3.8, 4) is 17.2 Å². The fourth-order valence-corrected chi connectivity index (χ4v) is 5.58. The molecule has 0 saturated heterocycles. The van der Waals surface area contributed by atoms with Crippen molar-refractivity contribution in [2.75, 3.05) is 39.2 Å². The lowest BCUT2D eigenvalue weighted by molar-refractivity contribution is 0.102. The van der Waals surface area contributed by atoms with Crippen LogP contribution in [-0.2, 0) is 13.0 Å². The summed E-state index contributed by atoms with van der Waals surface area (Å²) < 4.78 is 16.9. The second-order valence-electron chi connectivity index (χ2n) is 10.4. The van der Waals surface area contributed by atoms with Gasteiger partial charge in [-0.05, 0) is 84.6 Å². The molecular weight excluding hydrogens is 530 g/mol. The van der Waals surface area contributed by atoms with Crippen molar-refractivity contribution in [1.29, 1.82) is 0 Å². The number of hydrogen-bond donors (Lipinski definition) is 2. The van der Waals surface area contributed by atoms with Gasteiger partial charge in [-0.1, -0.05) is 18.2 Å². The van der Waals surface area contributed by atoms with Crippen molar-refractivity contribution in [3.05, 3.63) is 106 Å². The maximum Gasteiger partial charge on any atom is 0.257 e. The van der Waals surface area contributed by atoms with Crippen molar-refractivity contribution in [2.24, 2.45) is 0 Å². The first-order chi connectivity index (χ1) is 20.5. The summed E-state index contributed by atoms with van der Waals surface area (Å²) in [5.74, 6) is 2.00. The van der Waals surface area contributed by atoms with E-state index in [2.05, 4.69) is 27.3 Å². The molecule has 1 aromatic heterocycles. The van der Waals surface area contributed by atoms with Crippen molar-refractivity contribution in [1.82, 2.24) is 9.88 Å². The van der Waals surface area contributed by atoms with E-state index in [0.717, 1.165) is 49.7 Å². The van der Waals surface area contributed by atoms with Gasteiger partial charge in [-0.3, -0.25) is 14.5 Å². The summed E-state index contributed by atoms with van der Waals surface area (Å²) in [4.78, 5) is 31.9. The molecule has 8 heteroatoms. The van der Waals surface area contributed by atoms with Gasteiger partial charge in [0.05, 0.1) is 31.9 Å². The molecule has 6 rings (SSSR count). The molecule has 0 aliphatic carbocycles.